The maximum atomic E-state index is 11.0. The second-order valence-electron chi connectivity index (χ2n) is 2.83. The molecule has 0 aliphatic carbocycles. The van der Waals surface area contributed by atoms with Gasteiger partial charge >= 0.3 is 5.97 Å². The lowest BCUT2D eigenvalue weighted by Crippen LogP contribution is -2.20. The molecule has 0 saturated carbocycles. The van der Waals surface area contributed by atoms with Gasteiger partial charge in [-0.15, -0.1) is 0 Å². The molecule has 1 unspecified atom stereocenters. The van der Waals surface area contributed by atoms with Crippen LogP contribution in [-0.2, 0) is 9.53 Å². The van der Waals surface area contributed by atoms with E-state index in [1.165, 1.54) is 0 Å². The van der Waals surface area contributed by atoms with E-state index in [0.29, 0.717) is 17.0 Å². The summed E-state index contributed by atoms with van der Waals surface area (Å²) in [6, 6.07) is 0. The monoisotopic (exact) mass is 216 g/mol. The Hall–Kier alpha value is -0.740. The summed E-state index contributed by atoms with van der Waals surface area (Å²) < 4.78 is 4.72. The molecule has 0 aromatic carbocycles. The smallest absolute Gasteiger partial charge is 0.308 e. The van der Waals surface area contributed by atoms with Gasteiger partial charge in [-0.1, -0.05) is 18.3 Å². The Morgan fingerprint density at radius 2 is 2.21 bits per heavy atom. The van der Waals surface area contributed by atoms with Crippen LogP contribution in [0.3, 0.4) is 0 Å². The second-order valence-corrected chi connectivity index (χ2v) is 3.44. The van der Waals surface area contributed by atoms with E-state index in [1.807, 2.05) is 0 Å². The highest BCUT2D eigenvalue weighted by atomic mass is 32.1. The number of aliphatic hydroxyl groups is 1. The van der Waals surface area contributed by atoms with Crippen LogP contribution in [0.15, 0.2) is 11.6 Å². The van der Waals surface area contributed by atoms with Crippen molar-refractivity contribution in [1.29, 1.82) is 0 Å². The average Bonchev–Trinajstić information content (AvgIpc) is 2.04. The van der Waals surface area contributed by atoms with Gasteiger partial charge in [0.15, 0.2) is 0 Å². The van der Waals surface area contributed by atoms with Crippen LogP contribution in [-0.4, -0.2) is 28.7 Å². The standard InChI is InChI=1S/C10H16O3S/c1-4-8(7(3)14)9(11)6-10(12)13-5-2/h4,9,11H,5-6H2,1-3H3/b8-4-. The van der Waals surface area contributed by atoms with E-state index in [4.69, 9.17) is 17.0 Å². The molecule has 1 atom stereocenters. The van der Waals surface area contributed by atoms with Crippen molar-refractivity contribution in [2.24, 2.45) is 0 Å². The van der Waals surface area contributed by atoms with E-state index in [9.17, 15) is 9.90 Å². The molecule has 0 aliphatic rings. The Labute approximate surface area is 89.8 Å². The molecular formula is C10H16O3S. The first kappa shape index (κ1) is 13.3. The summed E-state index contributed by atoms with van der Waals surface area (Å²) in [7, 11) is 0. The van der Waals surface area contributed by atoms with E-state index in [0.717, 1.165) is 0 Å². The van der Waals surface area contributed by atoms with Gasteiger partial charge in [0.1, 0.15) is 0 Å². The predicted molar refractivity (Wildman–Crippen MR) is 59.3 cm³/mol. The summed E-state index contributed by atoms with van der Waals surface area (Å²) in [5.74, 6) is -0.407. The van der Waals surface area contributed by atoms with E-state index in [1.54, 1.807) is 26.8 Å². The average molecular weight is 216 g/mol. The number of hydrogen-bond donors (Lipinski definition) is 1. The summed E-state index contributed by atoms with van der Waals surface area (Å²) in [5.41, 5.74) is 0.619. The van der Waals surface area contributed by atoms with E-state index < -0.39 is 12.1 Å². The second kappa shape index (κ2) is 6.68. The van der Waals surface area contributed by atoms with Crippen LogP contribution in [0.25, 0.3) is 0 Å². The van der Waals surface area contributed by atoms with Crippen molar-refractivity contribution >= 4 is 23.1 Å². The molecule has 3 nitrogen and oxygen atoms in total. The first-order valence-electron chi connectivity index (χ1n) is 4.53. The first-order chi connectivity index (χ1) is 6.52. The molecule has 80 valence electrons. The predicted octanol–water partition coefficient (Wildman–Crippen LogP) is 1.64. The topological polar surface area (TPSA) is 46.5 Å². The van der Waals surface area contributed by atoms with Crippen molar-refractivity contribution in [3.05, 3.63) is 11.6 Å². The Bertz CT molecular complexity index is 246. The van der Waals surface area contributed by atoms with Gasteiger partial charge in [0.05, 0.1) is 19.1 Å². The van der Waals surface area contributed by atoms with Crippen LogP contribution in [0.4, 0.5) is 0 Å². The number of carbonyl (C=O) groups excluding carboxylic acids is 1. The summed E-state index contributed by atoms with van der Waals surface area (Å²) in [6.45, 7) is 5.55. The number of thiocarbonyl (C=S) groups is 1. The van der Waals surface area contributed by atoms with Crippen molar-refractivity contribution in [2.45, 2.75) is 33.3 Å². The number of carbonyl (C=O) groups is 1. The van der Waals surface area contributed by atoms with E-state index >= 15 is 0 Å². The molecule has 0 amide bonds. The van der Waals surface area contributed by atoms with Gasteiger partial charge in [-0.2, -0.15) is 0 Å². The third kappa shape index (κ3) is 4.48. The summed E-state index contributed by atoms with van der Waals surface area (Å²) in [6.07, 6.45) is 0.824. The van der Waals surface area contributed by atoms with Gasteiger partial charge in [0.2, 0.25) is 0 Å². The maximum absolute atomic E-state index is 11.0. The van der Waals surface area contributed by atoms with Crippen LogP contribution < -0.4 is 0 Å². The van der Waals surface area contributed by atoms with Crippen LogP contribution in [0.2, 0.25) is 0 Å². The molecule has 0 radical (unpaired) electrons. The molecule has 0 bridgehead atoms. The molecule has 0 saturated heterocycles. The molecule has 0 aromatic rings. The van der Waals surface area contributed by atoms with Crippen molar-refractivity contribution in [2.75, 3.05) is 6.61 Å². The van der Waals surface area contributed by atoms with E-state index in [-0.39, 0.29) is 6.42 Å². The molecule has 0 aliphatic heterocycles. The molecule has 0 fully saturated rings. The number of hydrogen-bond acceptors (Lipinski definition) is 4. The van der Waals surface area contributed by atoms with Crippen molar-refractivity contribution in [1.82, 2.24) is 0 Å². The van der Waals surface area contributed by atoms with Gasteiger partial charge in [-0.05, 0) is 26.3 Å². The lowest BCUT2D eigenvalue weighted by molar-refractivity contribution is -0.144. The molecule has 0 heterocycles. The Morgan fingerprint density at radius 3 is 2.57 bits per heavy atom. The summed E-state index contributed by atoms with van der Waals surface area (Å²) in [4.78, 5) is 11.6. The largest absolute Gasteiger partial charge is 0.466 e. The van der Waals surface area contributed by atoms with Gasteiger partial charge < -0.3 is 9.84 Å². The van der Waals surface area contributed by atoms with Crippen LogP contribution in [0, 0.1) is 0 Å². The molecule has 1 N–H and O–H groups in total. The zero-order valence-corrected chi connectivity index (χ0v) is 9.56. The number of allylic oxidation sites excluding steroid dienone is 1. The van der Waals surface area contributed by atoms with Crippen molar-refractivity contribution in [3.63, 3.8) is 0 Å². The molecule has 4 heteroatoms. The fourth-order valence-corrected chi connectivity index (χ4v) is 1.37. The normalized spacial score (nSPS) is 13.6. The van der Waals surface area contributed by atoms with Gasteiger partial charge in [0, 0.05) is 4.86 Å². The van der Waals surface area contributed by atoms with Gasteiger partial charge in [-0.25, -0.2) is 0 Å². The molecular weight excluding hydrogens is 200 g/mol. The third-order valence-corrected chi connectivity index (χ3v) is 1.98. The number of rotatable bonds is 5. The van der Waals surface area contributed by atoms with Crippen molar-refractivity contribution < 1.29 is 14.6 Å². The number of aliphatic hydroxyl groups excluding tert-OH is 1. The Morgan fingerprint density at radius 1 is 1.64 bits per heavy atom. The zero-order valence-electron chi connectivity index (χ0n) is 8.74. The van der Waals surface area contributed by atoms with E-state index in [2.05, 4.69) is 0 Å². The van der Waals surface area contributed by atoms with Crippen LogP contribution in [0.5, 0.6) is 0 Å². The molecule has 0 spiro atoms. The Balaban J connectivity index is 4.25. The number of ether oxygens (including phenoxy) is 1. The molecule has 14 heavy (non-hydrogen) atoms. The minimum Gasteiger partial charge on any atom is -0.466 e. The highest BCUT2D eigenvalue weighted by molar-refractivity contribution is 7.80. The van der Waals surface area contributed by atoms with Crippen LogP contribution >= 0.6 is 12.2 Å². The lowest BCUT2D eigenvalue weighted by atomic mass is 10.0. The van der Waals surface area contributed by atoms with Crippen LogP contribution in [0.1, 0.15) is 27.2 Å². The minimum absolute atomic E-state index is 0.0402. The van der Waals surface area contributed by atoms with Crippen molar-refractivity contribution in [3.8, 4) is 0 Å². The fourth-order valence-electron chi connectivity index (χ4n) is 1.12. The molecule has 0 aromatic heterocycles. The SMILES string of the molecule is C/C=C(/C(C)=S)C(O)CC(=O)OCC. The number of esters is 1. The summed E-state index contributed by atoms with van der Waals surface area (Å²) >= 11 is 4.93. The summed E-state index contributed by atoms with van der Waals surface area (Å²) in [5, 5.41) is 9.62. The first-order valence-corrected chi connectivity index (χ1v) is 4.94. The highest BCUT2D eigenvalue weighted by Gasteiger charge is 2.16. The van der Waals surface area contributed by atoms with Gasteiger partial charge in [0.25, 0.3) is 0 Å². The fraction of sp³-hybridized carbons (Fsp3) is 0.600. The highest BCUT2D eigenvalue weighted by Crippen LogP contribution is 2.09. The lowest BCUT2D eigenvalue weighted by Gasteiger charge is -2.12. The molecule has 0 rings (SSSR count). The third-order valence-electron chi connectivity index (χ3n) is 1.74. The zero-order chi connectivity index (χ0) is 11.1. The maximum Gasteiger partial charge on any atom is 0.308 e. The quantitative estimate of drug-likeness (QED) is 0.431. The minimum atomic E-state index is -0.850. The van der Waals surface area contributed by atoms with Gasteiger partial charge in [-0.3, -0.25) is 4.79 Å². The Kier molecular flexibility index (Phi) is 6.32.